The van der Waals surface area contributed by atoms with Crippen LogP contribution in [0.25, 0.3) is 0 Å². The molecule has 0 aliphatic carbocycles. The van der Waals surface area contributed by atoms with Gasteiger partial charge in [-0.05, 0) is 32.0 Å². The van der Waals surface area contributed by atoms with E-state index in [-0.39, 0.29) is 17.2 Å². The molecule has 0 radical (unpaired) electrons. The van der Waals surface area contributed by atoms with Gasteiger partial charge in [0.25, 0.3) is 0 Å². The number of nitrogens with zero attached hydrogens (tertiary/aromatic N) is 1. The van der Waals surface area contributed by atoms with Crippen molar-refractivity contribution in [2.24, 2.45) is 0 Å². The van der Waals surface area contributed by atoms with Gasteiger partial charge < -0.3 is 4.74 Å². The Morgan fingerprint density at radius 3 is 2.67 bits per heavy atom. The fraction of sp³-hybridized carbons (Fsp3) is 0.308. The van der Waals surface area contributed by atoms with Crippen LogP contribution in [-0.2, 0) is 16.6 Å². The molecule has 0 spiro atoms. The standard InChI is InChI=1S/C13H15ClN2O3S2/c1-8-9(2)20-13(16-8)7-15-21(17,18)12-6-10(14)4-5-11(12)19-3/h4-6,15H,7H2,1-3H3. The summed E-state index contributed by atoms with van der Waals surface area (Å²) < 4.78 is 32.3. The Morgan fingerprint density at radius 1 is 1.38 bits per heavy atom. The Hall–Kier alpha value is -1.15. The summed E-state index contributed by atoms with van der Waals surface area (Å²) in [6, 6.07) is 4.46. The maximum Gasteiger partial charge on any atom is 0.244 e. The van der Waals surface area contributed by atoms with Gasteiger partial charge in [0.1, 0.15) is 15.7 Å². The minimum atomic E-state index is -3.72. The molecule has 1 aromatic heterocycles. The maximum atomic E-state index is 12.4. The van der Waals surface area contributed by atoms with Gasteiger partial charge in [0.15, 0.2) is 0 Å². The van der Waals surface area contributed by atoms with Crippen LogP contribution in [0.15, 0.2) is 23.1 Å². The van der Waals surface area contributed by atoms with E-state index in [0.29, 0.717) is 5.02 Å². The van der Waals surface area contributed by atoms with E-state index in [2.05, 4.69) is 9.71 Å². The van der Waals surface area contributed by atoms with Gasteiger partial charge in [-0.1, -0.05) is 11.6 Å². The molecule has 0 aliphatic heterocycles. The van der Waals surface area contributed by atoms with Crippen molar-refractivity contribution in [3.63, 3.8) is 0 Å². The van der Waals surface area contributed by atoms with Crippen molar-refractivity contribution in [3.05, 3.63) is 38.8 Å². The largest absolute Gasteiger partial charge is 0.495 e. The predicted molar refractivity (Wildman–Crippen MR) is 83.6 cm³/mol. The first-order valence-corrected chi connectivity index (χ1v) is 8.77. The number of benzene rings is 1. The number of sulfonamides is 1. The van der Waals surface area contributed by atoms with Gasteiger partial charge in [0.2, 0.25) is 10.0 Å². The van der Waals surface area contributed by atoms with Crippen LogP contribution in [0.4, 0.5) is 0 Å². The molecule has 5 nitrogen and oxygen atoms in total. The molecule has 0 bridgehead atoms. The lowest BCUT2D eigenvalue weighted by Gasteiger charge is -2.10. The molecule has 0 aliphatic rings. The molecule has 2 rings (SSSR count). The lowest BCUT2D eigenvalue weighted by molar-refractivity contribution is 0.402. The first-order chi connectivity index (χ1) is 9.83. The first kappa shape index (κ1) is 16.2. The van der Waals surface area contributed by atoms with E-state index < -0.39 is 10.0 Å². The van der Waals surface area contributed by atoms with Crippen molar-refractivity contribution in [1.29, 1.82) is 0 Å². The summed E-state index contributed by atoms with van der Waals surface area (Å²) in [5.41, 5.74) is 0.912. The van der Waals surface area contributed by atoms with Gasteiger partial charge in [0, 0.05) is 9.90 Å². The predicted octanol–water partition coefficient (Wildman–Crippen LogP) is 2.90. The van der Waals surface area contributed by atoms with E-state index in [1.165, 1.54) is 30.6 Å². The van der Waals surface area contributed by atoms with E-state index in [4.69, 9.17) is 16.3 Å². The van der Waals surface area contributed by atoms with Gasteiger partial charge in [-0.2, -0.15) is 0 Å². The Morgan fingerprint density at radius 2 is 2.10 bits per heavy atom. The molecule has 0 saturated heterocycles. The van der Waals surface area contributed by atoms with Crippen molar-refractivity contribution in [2.75, 3.05) is 7.11 Å². The number of hydrogen-bond acceptors (Lipinski definition) is 5. The van der Waals surface area contributed by atoms with Crippen molar-refractivity contribution < 1.29 is 13.2 Å². The summed E-state index contributed by atoms with van der Waals surface area (Å²) in [5, 5.41) is 1.05. The number of thiazole rings is 1. The molecular formula is C13H15ClN2O3S2. The molecule has 114 valence electrons. The molecule has 1 heterocycles. The molecular weight excluding hydrogens is 332 g/mol. The van der Waals surface area contributed by atoms with Crippen LogP contribution < -0.4 is 9.46 Å². The monoisotopic (exact) mass is 346 g/mol. The molecule has 21 heavy (non-hydrogen) atoms. The van der Waals surface area contributed by atoms with Crippen LogP contribution in [0.2, 0.25) is 5.02 Å². The Labute approximate surface area is 133 Å². The average molecular weight is 347 g/mol. The molecule has 0 atom stereocenters. The van der Waals surface area contributed by atoms with E-state index in [0.717, 1.165) is 15.6 Å². The molecule has 8 heteroatoms. The molecule has 1 aromatic carbocycles. The number of aromatic nitrogens is 1. The highest BCUT2D eigenvalue weighted by molar-refractivity contribution is 7.89. The van der Waals surface area contributed by atoms with Crippen molar-refractivity contribution >= 4 is 33.0 Å². The molecule has 1 N–H and O–H groups in total. The number of ether oxygens (including phenoxy) is 1. The summed E-state index contributed by atoms with van der Waals surface area (Å²) in [6.07, 6.45) is 0. The highest BCUT2D eigenvalue weighted by atomic mass is 35.5. The Kier molecular flexibility index (Phi) is 4.88. The second-order valence-electron chi connectivity index (χ2n) is 4.37. The van der Waals surface area contributed by atoms with Crippen LogP contribution in [0.5, 0.6) is 5.75 Å². The fourth-order valence-electron chi connectivity index (χ4n) is 1.71. The average Bonchev–Trinajstić information content (AvgIpc) is 2.76. The summed E-state index contributed by atoms with van der Waals surface area (Å²) in [6.45, 7) is 3.98. The highest BCUT2D eigenvalue weighted by Crippen LogP contribution is 2.27. The van der Waals surface area contributed by atoms with Crippen molar-refractivity contribution in [2.45, 2.75) is 25.3 Å². The quantitative estimate of drug-likeness (QED) is 0.903. The zero-order valence-corrected chi connectivity index (χ0v) is 14.2. The van der Waals surface area contributed by atoms with E-state index in [9.17, 15) is 8.42 Å². The fourth-order valence-corrected chi connectivity index (χ4v) is 4.09. The van der Waals surface area contributed by atoms with Crippen LogP contribution in [0.3, 0.4) is 0 Å². The molecule has 0 saturated carbocycles. The van der Waals surface area contributed by atoms with E-state index in [1.807, 2.05) is 13.8 Å². The maximum absolute atomic E-state index is 12.4. The number of nitrogens with one attached hydrogen (secondary N) is 1. The van der Waals surface area contributed by atoms with Crippen LogP contribution in [-0.4, -0.2) is 20.5 Å². The number of rotatable bonds is 5. The third-order valence-electron chi connectivity index (χ3n) is 2.90. The zero-order chi connectivity index (χ0) is 15.6. The second kappa shape index (κ2) is 6.31. The molecule has 2 aromatic rings. The van der Waals surface area contributed by atoms with Crippen LogP contribution >= 0.6 is 22.9 Å². The smallest absolute Gasteiger partial charge is 0.244 e. The van der Waals surface area contributed by atoms with Gasteiger partial charge in [-0.15, -0.1) is 11.3 Å². The van der Waals surface area contributed by atoms with Crippen LogP contribution in [0, 0.1) is 13.8 Å². The minimum absolute atomic E-state index is 0.0162. The molecule has 0 amide bonds. The van der Waals surface area contributed by atoms with E-state index in [1.54, 1.807) is 6.07 Å². The number of hydrogen-bond donors (Lipinski definition) is 1. The normalized spacial score (nSPS) is 11.6. The topological polar surface area (TPSA) is 68.3 Å². The highest BCUT2D eigenvalue weighted by Gasteiger charge is 2.20. The summed E-state index contributed by atoms with van der Waals surface area (Å²) in [4.78, 5) is 5.39. The van der Waals surface area contributed by atoms with E-state index >= 15 is 0 Å². The first-order valence-electron chi connectivity index (χ1n) is 6.09. The lowest BCUT2D eigenvalue weighted by atomic mass is 10.3. The summed E-state index contributed by atoms with van der Waals surface area (Å²) in [7, 11) is -2.31. The third-order valence-corrected chi connectivity index (χ3v) is 5.63. The summed E-state index contributed by atoms with van der Waals surface area (Å²) in [5.74, 6) is 0.249. The van der Waals surface area contributed by atoms with Crippen LogP contribution in [0.1, 0.15) is 15.6 Å². The third kappa shape index (κ3) is 3.74. The number of methoxy groups -OCH3 is 1. The van der Waals surface area contributed by atoms with Gasteiger partial charge in [-0.3, -0.25) is 0 Å². The molecule has 0 unspecified atom stereocenters. The number of halogens is 1. The zero-order valence-electron chi connectivity index (χ0n) is 11.8. The van der Waals surface area contributed by atoms with Gasteiger partial charge in [0.05, 0.1) is 19.3 Å². The Bertz CT molecular complexity index is 737. The summed E-state index contributed by atoms with van der Waals surface area (Å²) >= 11 is 7.33. The Balaban J connectivity index is 2.24. The second-order valence-corrected chi connectivity index (χ2v) is 7.83. The SMILES string of the molecule is COc1ccc(Cl)cc1S(=O)(=O)NCc1nc(C)c(C)s1. The van der Waals surface area contributed by atoms with Crippen molar-refractivity contribution in [3.8, 4) is 5.75 Å². The minimum Gasteiger partial charge on any atom is -0.495 e. The lowest BCUT2D eigenvalue weighted by Crippen LogP contribution is -2.23. The van der Waals surface area contributed by atoms with Gasteiger partial charge in [-0.25, -0.2) is 18.1 Å². The molecule has 0 fully saturated rings. The van der Waals surface area contributed by atoms with Gasteiger partial charge >= 0.3 is 0 Å². The number of aryl methyl sites for hydroxylation is 2. The van der Waals surface area contributed by atoms with Crippen molar-refractivity contribution in [1.82, 2.24) is 9.71 Å².